The Morgan fingerprint density at radius 2 is 1.84 bits per heavy atom. The van der Waals surface area contributed by atoms with Crippen molar-refractivity contribution in [2.45, 2.75) is 18.9 Å². The van der Waals surface area contributed by atoms with E-state index in [0.717, 1.165) is 12.4 Å². The van der Waals surface area contributed by atoms with Crippen LogP contribution in [-0.2, 0) is 0 Å². The summed E-state index contributed by atoms with van der Waals surface area (Å²) in [5.74, 6) is 1.41. The minimum Gasteiger partial charge on any atom is -0.493 e. The zero-order chi connectivity index (χ0) is 13.2. The zero-order valence-corrected chi connectivity index (χ0v) is 11.4. The van der Waals surface area contributed by atoms with Gasteiger partial charge in [0.2, 0.25) is 0 Å². The fraction of sp³-hybridized carbons (Fsp3) is 0.294. The molecule has 0 spiro atoms. The molecule has 0 fully saturated rings. The zero-order valence-electron chi connectivity index (χ0n) is 11.4. The summed E-state index contributed by atoms with van der Waals surface area (Å²) in [6, 6.07) is 17.2. The molecule has 1 aliphatic rings. The molecule has 2 nitrogen and oxygen atoms in total. The molecule has 19 heavy (non-hydrogen) atoms. The molecule has 2 unspecified atom stereocenters. The van der Waals surface area contributed by atoms with Crippen molar-refractivity contribution in [3.63, 3.8) is 0 Å². The van der Waals surface area contributed by atoms with E-state index in [9.17, 15) is 0 Å². The van der Waals surface area contributed by atoms with E-state index in [1.54, 1.807) is 0 Å². The van der Waals surface area contributed by atoms with E-state index in [1.165, 1.54) is 16.7 Å². The predicted octanol–water partition coefficient (Wildman–Crippen LogP) is 3.43. The van der Waals surface area contributed by atoms with Gasteiger partial charge in [-0.25, -0.2) is 0 Å². The van der Waals surface area contributed by atoms with Gasteiger partial charge in [-0.15, -0.1) is 0 Å². The summed E-state index contributed by atoms with van der Waals surface area (Å²) < 4.78 is 5.82. The molecular formula is C17H19NO. The Balaban J connectivity index is 1.99. The van der Waals surface area contributed by atoms with Crippen molar-refractivity contribution >= 4 is 0 Å². The van der Waals surface area contributed by atoms with Crippen LogP contribution < -0.4 is 10.1 Å². The summed E-state index contributed by atoms with van der Waals surface area (Å²) >= 11 is 0. The number of aryl methyl sites for hydroxylation is 1. The lowest BCUT2D eigenvalue weighted by Gasteiger charge is -2.24. The lowest BCUT2D eigenvalue weighted by molar-refractivity contribution is 0.304. The fourth-order valence-electron chi connectivity index (χ4n) is 2.97. The van der Waals surface area contributed by atoms with Gasteiger partial charge in [-0.1, -0.05) is 42.5 Å². The highest BCUT2D eigenvalue weighted by atomic mass is 16.5. The molecule has 0 saturated heterocycles. The molecule has 98 valence electrons. The van der Waals surface area contributed by atoms with Crippen molar-refractivity contribution in [1.82, 2.24) is 5.32 Å². The summed E-state index contributed by atoms with van der Waals surface area (Å²) in [7, 11) is 2.03. The maximum absolute atomic E-state index is 5.82. The molecule has 2 aromatic rings. The van der Waals surface area contributed by atoms with E-state index in [0.29, 0.717) is 12.0 Å². The van der Waals surface area contributed by atoms with E-state index < -0.39 is 0 Å². The van der Waals surface area contributed by atoms with Crippen LogP contribution in [0.25, 0.3) is 0 Å². The number of ether oxygens (including phenoxy) is 1. The Kier molecular flexibility index (Phi) is 3.26. The van der Waals surface area contributed by atoms with Crippen molar-refractivity contribution in [3.8, 4) is 5.75 Å². The first kappa shape index (κ1) is 12.2. The third-order valence-corrected chi connectivity index (χ3v) is 3.97. The average molecular weight is 253 g/mol. The van der Waals surface area contributed by atoms with Crippen molar-refractivity contribution in [3.05, 3.63) is 65.2 Å². The minimum atomic E-state index is 0.296. The van der Waals surface area contributed by atoms with E-state index in [-0.39, 0.29) is 0 Å². The van der Waals surface area contributed by atoms with Crippen LogP contribution in [0, 0.1) is 6.92 Å². The highest BCUT2D eigenvalue weighted by molar-refractivity contribution is 5.43. The van der Waals surface area contributed by atoms with Gasteiger partial charge in [-0.2, -0.15) is 0 Å². The second-order valence-corrected chi connectivity index (χ2v) is 5.08. The van der Waals surface area contributed by atoms with Gasteiger partial charge in [0.1, 0.15) is 5.75 Å². The Bertz CT molecular complexity index is 579. The van der Waals surface area contributed by atoms with Crippen LogP contribution in [0.4, 0.5) is 0 Å². The smallest absolute Gasteiger partial charge is 0.122 e. The molecule has 0 aliphatic carbocycles. The molecule has 0 saturated carbocycles. The molecule has 1 heterocycles. The number of benzene rings is 2. The van der Waals surface area contributed by atoms with Crippen molar-refractivity contribution in [2.75, 3.05) is 13.7 Å². The second kappa shape index (κ2) is 5.06. The molecule has 0 aromatic heterocycles. The van der Waals surface area contributed by atoms with Gasteiger partial charge in [-0.05, 0) is 31.2 Å². The molecule has 2 atom stereocenters. The van der Waals surface area contributed by atoms with Gasteiger partial charge in [0.25, 0.3) is 0 Å². The Morgan fingerprint density at radius 3 is 2.63 bits per heavy atom. The lowest BCUT2D eigenvalue weighted by atomic mass is 9.87. The standard InChI is InChI=1S/C17H19NO/c1-12-7-3-4-8-13(12)17(18-2)15-11-19-16-10-6-5-9-14(15)16/h3-10,15,17-18H,11H2,1-2H3. The van der Waals surface area contributed by atoms with Crippen LogP contribution in [0.15, 0.2) is 48.5 Å². The maximum Gasteiger partial charge on any atom is 0.122 e. The fourth-order valence-corrected chi connectivity index (χ4v) is 2.97. The van der Waals surface area contributed by atoms with Crippen LogP contribution in [0.3, 0.4) is 0 Å². The van der Waals surface area contributed by atoms with Crippen LogP contribution in [0.5, 0.6) is 5.75 Å². The lowest BCUT2D eigenvalue weighted by Crippen LogP contribution is -2.25. The van der Waals surface area contributed by atoms with Gasteiger partial charge >= 0.3 is 0 Å². The number of fused-ring (bicyclic) bond motifs is 1. The van der Waals surface area contributed by atoms with Crippen LogP contribution in [0.2, 0.25) is 0 Å². The largest absolute Gasteiger partial charge is 0.493 e. The quantitative estimate of drug-likeness (QED) is 0.905. The number of para-hydroxylation sites is 1. The van der Waals surface area contributed by atoms with Crippen molar-refractivity contribution in [2.24, 2.45) is 0 Å². The van der Waals surface area contributed by atoms with Gasteiger partial charge in [0.05, 0.1) is 6.61 Å². The second-order valence-electron chi connectivity index (χ2n) is 5.08. The van der Waals surface area contributed by atoms with Crippen molar-refractivity contribution in [1.29, 1.82) is 0 Å². The Labute approximate surface area is 114 Å². The first-order valence-corrected chi connectivity index (χ1v) is 6.76. The van der Waals surface area contributed by atoms with Gasteiger partial charge in [0.15, 0.2) is 0 Å². The van der Waals surface area contributed by atoms with Crippen LogP contribution in [-0.4, -0.2) is 13.7 Å². The summed E-state index contributed by atoms with van der Waals surface area (Å²) in [5.41, 5.74) is 3.99. The number of hydrogen-bond donors (Lipinski definition) is 1. The number of hydrogen-bond acceptors (Lipinski definition) is 2. The van der Waals surface area contributed by atoms with E-state index in [2.05, 4.69) is 54.7 Å². The molecule has 3 rings (SSSR count). The average Bonchev–Trinajstić information content (AvgIpc) is 2.86. The highest BCUT2D eigenvalue weighted by Gasteiger charge is 2.31. The summed E-state index contributed by atoms with van der Waals surface area (Å²) in [4.78, 5) is 0. The van der Waals surface area contributed by atoms with E-state index in [4.69, 9.17) is 4.74 Å². The SMILES string of the molecule is CNC(c1ccccc1C)C1COc2ccccc21. The van der Waals surface area contributed by atoms with Gasteiger partial charge in [0, 0.05) is 17.5 Å². The first-order chi connectivity index (χ1) is 9.31. The highest BCUT2D eigenvalue weighted by Crippen LogP contribution is 2.41. The molecule has 0 bridgehead atoms. The maximum atomic E-state index is 5.82. The predicted molar refractivity (Wildman–Crippen MR) is 77.7 cm³/mol. The third kappa shape index (κ3) is 2.13. The van der Waals surface area contributed by atoms with Crippen molar-refractivity contribution < 1.29 is 4.74 Å². The molecule has 2 heteroatoms. The normalized spacial score (nSPS) is 18.7. The topological polar surface area (TPSA) is 21.3 Å². The van der Waals surface area contributed by atoms with Crippen LogP contribution >= 0.6 is 0 Å². The van der Waals surface area contributed by atoms with Crippen LogP contribution in [0.1, 0.15) is 28.7 Å². The minimum absolute atomic E-state index is 0.296. The molecule has 0 radical (unpaired) electrons. The first-order valence-electron chi connectivity index (χ1n) is 6.76. The molecular weight excluding hydrogens is 234 g/mol. The molecule has 2 aromatic carbocycles. The Hall–Kier alpha value is -1.80. The van der Waals surface area contributed by atoms with E-state index in [1.807, 2.05) is 13.1 Å². The van der Waals surface area contributed by atoms with Gasteiger partial charge in [-0.3, -0.25) is 0 Å². The number of nitrogens with one attached hydrogen (secondary N) is 1. The monoisotopic (exact) mass is 253 g/mol. The third-order valence-electron chi connectivity index (χ3n) is 3.97. The molecule has 0 amide bonds. The van der Waals surface area contributed by atoms with Gasteiger partial charge < -0.3 is 10.1 Å². The summed E-state index contributed by atoms with van der Waals surface area (Å²) in [6.45, 7) is 2.92. The number of rotatable bonds is 3. The molecule has 1 N–H and O–H groups in total. The van der Waals surface area contributed by atoms with E-state index >= 15 is 0 Å². The summed E-state index contributed by atoms with van der Waals surface area (Å²) in [5, 5.41) is 3.46. The summed E-state index contributed by atoms with van der Waals surface area (Å²) in [6.07, 6.45) is 0. The Morgan fingerprint density at radius 1 is 1.11 bits per heavy atom. The number of likely N-dealkylation sites (N-methyl/N-ethyl adjacent to an activating group) is 1. The molecule has 1 aliphatic heterocycles.